The largest absolute Gasteiger partial charge is 0.356 e. The molecular weight excluding hydrogens is 272 g/mol. The Labute approximate surface area is 129 Å². The van der Waals surface area contributed by atoms with Gasteiger partial charge in [0.1, 0.15) is 0 Å². The molecule has 3 nitrogen and oxygen atoms in total. The molecule has 2 saturated carbocycles. The first-order valence-electron chi connectivity index (χ1n) is 8.29. The number of hydrogen-bond donors (Lipinski definition) is 2. The van der Waals surface area contributed by atoms with Crippen LogP contribution >= 0.6 is 12.4 Å². The molecule has 4 heteroatoms. The van der Waals surface area contributed by atoms with Gasteiger partial charge in [0.15, 0.2) is 0 Å². The van der Waals surface area contributed by atoms with E-state index in [9.17, 15) is 4.79 Å². The first-order chi connectivity index (χ1) is 9.31. The van der Waals surface area contributed by atoms with Crippen molar-refractivity contribution >= 4 is 18.3 Å². The molecule has 2 atom stereocenters. The van der Waals surface area contributed by atoms with Crippen LogP contribution in [0.3, 0.4) is 0 Å². The van der Waals surface area contributed by atoms with Crippen LogP contribution in [-0.4, -0.2) is 19.0 Å². The van der Waals surface area contributed by atoms with Gasteiger partial charge in [-0.2, -0.15) is 0 Å². The molecule has 0 bridgehead atoms. The highest BCUT2D eigenvalue weighted by molar-refractivity contribution is 5.85. The van der Waals surface area contributed by atoms with E-state index in [1.807, 2.05) is 0 Å². The highest BCUT2D eigenvalue weighted by Gasteiger charge is 2.31. The second kappa shape index (κ2) is 9.62. The molecule has 0 radical (unpaired) electrons. The summed E-state index contributed by atoms with van der Waals surface area (Å²) in [5.74, 6) is 1.60. The Morgan fingerprint density at radius 2 is 1.60 bits per heavy atom. The molecule has 3 N–H and O–H groups in total. The molecule has 2 aliphatic rings. The van der Waals surface area contributed by atoms with Crippen LogP contribution in [0.25, 0.3) is 0 Å². The number of amides is 1. The number of rotatable bonds is 4. The second-order valence-electron chi connectivity index (χ2n) is 6.49. The fourth-order valence-corrected chi connectivity index (χ4v) is 3.78. The van der Waals surface area contributed by atoms with Gasteiger partial charge in [-0.05, 0) is 44.1 Å². The maximum atomic E-state index is 12.2. The molecule has 0 unspecified atom stereocenters. The minimum absolute atomic E-state index is 0. The van der Waals surface area contributed by atoms with Crippen LogP contribution in [0.5, 0.6) is 0 Å². The number of carbonyl (C=O) groups excluding carboxylic acids is 1. The van der Waals surface area contributed by atoms with E-state index in [-0.39, 0.29) is 24.2 Å². The third-order valence-electron chi connectivity index (χ3n) is 5.09. The molecule has 0 aromatic carbocycles. The average molecular weight is 303 g/mol. The van der Waals surface area contributed by atoms with E-state index in [1.165, 1.54) is 51.4 Å². The monoisotopic (exact) mass is 302 g/mol. The fraction of sp³-hybridized carbons (Fsp3) is 0.938. The summed E-state index contributed by atoms with van der Waals surface area (Å²) in [6.07, 6.45) is 12.8. The van der Waals surface area contributed by atoms with E-state index in [2.05, 4.69) is 5.32 Å². The highest BCUT2D eigenvalue weighted by Crippen LogP contribution is 2.31. The lowest BCUT2D eigenvalue weighted by Crippen LogP contribution is -2.37. The topological polar surface area (TPSA) is 55.1 Å². The smallest absolute Gasteiger partial charge is 0.223 e. The second-order valence-corrected chi connectivity index (χ2v) is 6.49. The molecule has 2 rings (SSSR count). The minimum Gasteiger partial charge on any atom is -0.356 e. The molecule has 118 valence electrons. The van der Waals surface area contributed by atoms with Gasteiger partial charge in [-0.3, -0.25) is 4.79 Å². The summed E-state index contributed by atoms with van der Waals surface area (Å²) in [6, 6.07) is 0. The zero-order valence-corrected chi connectivity index (χ0v) is 13.4. The predicted molar refractivity (Wildman–Crippen MR) is 86.0 cm³/mol. The maximum Gasteiger partial charge on any atom is 0.223 e. The van der Waals surface area contributed by atoms with Gasteiger partial charge < -0.3 is 11.1 Å². The molecule has 0 spiro atoms. The van der Waals surface area contributed by atoms with Crippen LogP contribution in [-0.2, 0) is 4.79 Å². The van der Waals surface area contributed by atoms with Gasteiger partial charge in [0, 0.05) is 12.5 Å². The summed E-state index contributed by atoms with van der Waals surface area (Å²) in [7, 11) is 0. The van der Waals surface area contributed by atoms with Crippen molar-refractivity contribution in [1.29, 1.82) is 0 Å². The Hall–Kier alpha value is -0.280. The first kappa shape index (κ1) is 17.8. The molecule has 0 saturated heterocycles. The summed E-state index contributed by atoms with van der Waals surface area (Å²) in [6.45, 7) is 1.56. The molecule has 0 aromatic rings. The van der Waals surface area contributed by atoms with Crippen LogP contribution in [0.1, 0.15) is 64.2 Å². The maximum absolute atomic E-state index is 12.2. The SMILES string of the molecule is Cl.NC[C@H]1CCC[C@H]1C(=O)NCC1CCCCCCC1. The van der Waals surface area contributed by atoms with Crippen molar-refractivity contribution < 1.29 is 4.79 Å². The molecule has 2 aliphatic carbocycles. The number of hydrogen-bond acceptors (Lipinski definition) is 2. The standard InChI is InChI=1S/C16H30N2O.ClH/c17-11-14-9-6-10-15(14)16(19)18-12-13-7-4-2-1-3-5-8-13;/h13-15H,1-12,17H2,(H,18,19);1H/t14-,15-;/m1./s1. The third-order valence-corrected chi connectivity index (χ3v) is 5.09. The average Bonchev–Trinajstić information content (AvgIpc) is 2.85. The minimum atomic E-state index is 0. The number of carbonyl (C=O) groups is 1. The number of nitrogens with one attached hydrogen (secondary N) is 1. The van der Waals surface area contributed by atoms with Gasteiger partial charge in [0.25, 0.3) is 0 Å². The zero-order chi connectivity index (χ0) is 13.5. The Morgan fingerprint density at radius 3 is 2.25 bits per heavy atom. The van der Waals surface area contributed by atoms with Crippen molar-refractivity contribution in [2.75, 3.05) is 13.1 Å². The molecule has 0 aromatic heterocycles. The van der Waals surface area contributed by atoms with Crippen molar-refractivity contribution in [3.05, 3.63) is 0 Å². The van der Waals surface area contributed by atoms with Crippen LogP contribution in [0.4, 0.5) is 0 Å². The quantitative estimate of drug-likeness (QED) is 0.837. The predicted octanol–water partition coefficient (Wildman–Crippen LogP) is 3.26. The summed E-state index contributed by atoms with van der Waals surface area (Å²) in [5.41, 5.74) is 5.76. The van der Waals surface area contributed by atoms with Crippen molar-refractivity contribution in [3.63, 3.8) is 0 Å². The lowest BCUT2D eigenvalue weighted by Gasteiger charge is -2.22. The van der Waals surface area contributed by atoms with E-state index >= 15 is 0 Å². The van der Waals surface area contributed by atoms with E-state index < -0.39 is 0 Å². The molecule has 0 aliphatic heterocycles. The Balaban J connectivity index is 0.00000200. The molecule has 1 amide bonds. The lowest BCUT2D eigenvalue weighted by atomic mass is 9.90. The van der Waals surface area contributed by atoms with E-state index in [0.717, 1.165) is 19.4 Å². The summed E-state index contributed by atoms with van der Waals surface area (Å²) in [5, 5.41) is 3.21. The van der Waals surface area contributed by atoms with E-state index in [0.29, 0.717) is 18.4 Å². The Bertz CT molecular complexity index is 278. The summed E-state index contributed by atoms with van der Waals surface area (Å²) in [4.78, 5) is 12.2. The molecule has 0 heterocycles. The van der Waals surface area contributed by atoms with Crippen LogP contribution < -0.4 is 11.1 Å². The van der Waals surface area contributed by atoms with Gasteiger partial charge in [-0.1, -0.05) is 38.5 Å². The Kier molecular flexibility index (Phi) is 8.55. The van der Waals surface area contributed by atoms with Gasteiger partial charge >= 0.3 is 0 Å². The zero-order valence-electron chi connectivity index (χ0n) is 12.6. The number of nitrogens with two attached hydrogens (primary N) is 1. The highest BCUT2D eigenvalue weighted by atomic mass is 35.5. The molecule has 2 fully saturated rings. The Morgan fingerprint density at radius 1 is 0.950 bits per heavy atom. The van der Waals surface area contributed by atoms with E-state index in [1.54, 1.807) is 0 Å². The summed E-state index contributed by atoms with van der Waals surface area (Å²) >= 11 is 0. The van der Waals surface area contributed by atoms with Crippen LogP contribution in [0.2, 0.25) is 0 Å². The van der Waals surface area contributed by atoms with Crippen molar-refractivity contribution in [3.8, 4) is 0 Å². The summed E-state index contributed by atoms with van der Waals surface area (Å²) < 4.78 is 0. The third kappa shape index (κ3) is 5.25. The van der Waals surface area contributed by atoms with Gasteiger partial charge in [0.2, 0.25) is 5.91 Å². The number of halogens is 1. The molecular formula is C16H31ClN2O. The van der Waals surface area contributed by atoms with Crippen molar-refractivity contribution in [2.45, 2.75) is 64.2 Å². The normalized spacial score (nSPS) is 28.2. The van der Waals surface area contributed by atoms with Crippen molar-refractivity contribution in [2.24, 2.45) is 23.5 Å². The van der Waals surface area contributed by atoms with Gasteiger partial charge in [0.05, 0.1) is 0 Å². The van der Waals surface area contributed by atoms with E-state index in [4.69, 9.17) is 5.73 Å². The van der Waals surface area contributed by atoms with Gasteiger partial charge in [-0.25, -0.2) is 0 Å². The fourth-order valence-electron chi connectivity index (χ4n) is 3.78. The van der Waals surface area contributed by atoms with Crippen LogP contribution in [0.15, 0.2) is 0 Å². The van der Waals surface area contributed by atoms with Gasteiger partial charge in [-0.15, -0.1) is 12.4 Å². The van der Waals surface area contributed by atoms with Crippen molar-refractivity contribution in [1.82, 2.24) is 5.32 Å². The molecule has 20 heavy (non-hydrogen) atoms. The first-order valence-corrected chi connectivity index (χ1v) is 8.29. The lowest BCUT2D eigenvalue weighted by molar-refractivity contribution is -0.126. The van der Waals surface area contributed by atoms with Crippen LogP contribution in [0, 0.1) is 17.8 Å².